The third-order valence-electron chi connectivity index (χ3n) is 3.63. The minimum atomic E-state index is -0.0867. The summed E-state index contributed by atoms with van der Waals surface area (Å²) in [5.41, 5.74) is 1.88. The lowest BCUT2D eigenvalue weighted by Gasteiger charge is -2.23. The number of hydrogen-bond donors (Lipinski definition) is 2. The molecule has 0 saturated carbocycles. The number of carbonyl (C=O) groups excluding carboxylic acids is 1. The second-order valence-electron chi connectivity index (χ2n) is 5.08. The van der Waals surface area contributed by atoms with Crippen molar-refractivity contribution in [1.29, 1.82) is 0 Å². The lowest BCUT2D eigenvalue weighted by molar-refractivity contribution is 0.0930. The van der Waals surface area contributed by atoms with E-state index < -0.39 is 0 Å². The summed E-state index contributed by atoms with van der Waals surface area (Å²) >= 11 is 0. The van der Waals surface area contributed by atoms with Gasteiger partial charge in [0, 0.05) is 18.8 Å². The average molecular weight is 311 g/mol. The quantitative estimate of drug-likeness (QED) is 0.902. The highest BCUT2D eigenvalue weighted by atomic mass is 35.5. The molecule has 114 valence electrons. The Morgan fingerprint density at radius 3 is 3.14 bits per heavy atom. The highest BCUT2D eigenvalue weighted by Gasteiger charge is 2.18. The molecule has 1 aliphatic heterocycles. The van der Waals surface area contributed by atoms with Crippen LogP contribution in [-0.2, 0) is 6.42 Å². The van der Waals surface area contributed by atoms with Crippen molar-refractivity contribution in [2.24, 2.45) is 0 Å². The standard InChI is InChI=1S/C14H18N4O2.ClH/c1-2-12-11-6-9(7-16-14(11)20-18-12)13(19)17-10-4-3-5-15-8-10;/h6-7,10,15H,2-5,8H2,1H3,(H,17,19);1H/t10-;/m0./s1. The van der Waals surface area contributed by atoms with Gasteiger partial charge in [0.05, 0.1) is 16.6 Å². The molecule has 0 radical (unpaired) electrons. The minimum Gasteiger partial charge on any atom is -0.348 e. The van der Waals surface area contributed by atoms with Crippen LogP contribution in [0.5, 0.6) is 0 Å². The number of nitrogens with zero attached hydrogens (tertiary/aromatic N) is 2. The van der Waals surface area contributed by atoms with Crippen molar-refractivity contribution in [3.63, 3.8) is 0 Å². The molecule has 2 N–H and O–H groups in total. The van der Waals surface area contributed by atoms with Crippen LogP contribution in [0, 0.1) is 0 Å². The molecule has 3 heterocycles. The number of aryl methyl sites for hydroxylation is 1. The zero-order chi connectivity index (χ0) is 13.9. The van der Waals surface area contributed by atoms with E-state index in [0.29, 0.717) is 11.3 Å². The molecule has 0 unspecified atom stereocenters. The minimum absolute atomic E-state index is 0. The molecule has 0 aliphatic carbocycles. The zero-order valence-electron chi connectivity index (χ0n) is 11.9. The number of carbonyl (C=O) groups is 1. The highest BCUT2D eigenvalue weighted by molar-refractivity contribution is 5.97. The Bertz CT molecular complexity index is 622. The van der Waals surface area contributed by atoms with Gasteiger partial charge in [0.15, 0.2) is 0 Å². The first-order chi connectivity index (χ1) is 9.78. The fourth-order valence-corrected chi connectivity index (χ4v) is 2.50. The zero-order valence-corrected chi connectivity index (χ0v) is 12.7. The van der Waals surface area contributed by atoms with E-state index >= 15 is 0 Å². The number of halogens is 1. The van der Waals surface area contributed by atoms with Gasteiger partial charge >= 0.3 is 0 Å². The summed E-state index contributed by atoms with van der Waals surface area (Å²) in [5, 5.41) is 11.1. The van der Waals surface area contributed by atoms with E-state index in [0.717, 1.165) is 43.4 Å². The number of pyridine rings is 1. The molecule has 0 aromatic carbocycles. The second-order valence-corrected chi connectivity index (χ2v) is 5.08. The molecule has 1 saturated heterocycles. The molecule has 6 nitrogen and oxygen atoms in total. The summed E-state index contributed by atoms with van der Waals surface area (Å²) in [5.74, 6) is -0.0867. The maximum absolute atomic E-state index is 12.2. The number of aromatic nitrogens is 2. The molecule has 3 rings (SSSR count). The Labute approximate surface area is 129 Å². The molecule has 1 fully saturated rings. The summed E-state index contributed by atoms with van der Waals surface area (Å²) < 4.78 is 5.12. The molecule has 1 amide bonds. The van der Waals surface area contributed by atoms with Crippen molar-refractivity contribution in [3.8, 4) is 0 Å². The largest absolute Gasteiger partial charge is 0.348 e. The van der Waals surface area contributed by atoms with Crippen LogP contribution in [0.3, 0.4) is 0 Å². The predicted octanol–water partition coefficient (Wildman–Crippen LogP) is 1.69. The van der Waals surface area contributed by atoms with Crippen LogP contribution in [0.2, 0.25) is 0 Å². The molecular weight excluding hydrogens is 292 g/mol. The summed E-state index contributed by atoms with van der Waals surface area (Å²) in [6.45, 7) is 3.85. The second kappa shape index (κ2) is 6.87. The van der Waals surface area contributed by atoms with Crippen molar-refractivity contribution >= 4 is 29.4 Å². The van der Waals surface area contributed by atoms with Crippen LogP contribution in [0.25, 0.3) is 11.1 Å². The Morgan fingerprint density at radius 2 is 2.43 bits per heavy atom. The third kappa shape index (κ3) is 3.33. The van der Waals surface area contributed by atoms with E-state index in [4.69, 9.17) is 4.52 Å². The van der Waals surface area contributed by atoms with E-state index in [9.17, 15) is 4.79 Å². The van der Waals surface area contributed by atoms with Crippen molar-refractivity contribution in [2.75, 3.05) is 13.1 Å². The molecule has 0 bridgehead atoms. The lowest BCUT2D eigenvalue weighted by atomic mass is 10.1. The van der Waals surface area contributed by atoms with E-state index in [1.54, 1.807) is 6.20 Å². The molecule has 2 aromatic rings. The Balaban J connectivity index is 0.00000161. The number of rotatable bonds is 3. The maximum atomic E-state index is 12.2. The van der Waals surface area contributed by atoms with E-state index in [-0.39, 0.29) is 24.4 Å². The molecule has 7 heteroatoms. The number of amides is 1. The van der Waals surface area contributed by atoms with Gasteiger partial charge in [-0.25, -0.2) is 4.98 Å². The highest BCUT2D eigenvalue weighted by Crippen LogP contribution is 2.18. The third-order valence-corrected chi connectivity index (χ3v) is 3.63. The fourth-order valence-electron chi connectivity index (χ4n) is 2.50. The van der Waals surface area contributed by atoms with Crippen LogP contribution in [-0.4, -0.2) is 35.2 Å². The number of piperidine rings is 1. The monoisotopic (exact) mass is 310 g/mol. The van der Waals surface area contributed by atoms with Gasteiger partial charge in [0.25, 0.3) is 11.6 Å². The van der Waals surface area contributed by atoms with Crippen molar-refractivity contribution < 1.29 is 9.32 Å². The summed E-state index contributed by atoms with van der Waals surface area (Å²) in [6.07, 6.45) is 4.40. The first-order valence-electron chi connectivity index (χ1n) is 7.04. The predicted molar refractivity (Wildman–Crippen MR) is 81.8 cm³/mol. The number of fused-ring (bicyclic) bond motifs is 1. The molecule has 0 spiro atoms. The maximum Gasteiger partial charge on any atom is 0.257 e. The Morgan fingerprint density at radius 1 is 1.57 bits per heavy atom. The van der Waals surface area contributed by atoms with Crippen LogP contribution in [0.4, 0.5) is 0 Å². The van der Waals surface area contributed by atoms with E-state index in [2.05, 4.69) is 20.8 Å². The molecule has 2 aromatic heterocycles. The topological polar surface area (TPSA) is 80.0 Å². The molecule has 1 atom stereocenters. The smallest absolute Gasteiger partial charge is 0.257 e. The van der Waals surface area contributed by atoms with Gasteiger partial charge in [-0.2, -0.15) is 0 Å². The molecule has 1 aliphatic rings. The lowest BCUT2D eigenvalue weighted by Crippen LogP contribution is -2.45. The molecule has 21 heavy (non-hydrogen) atoms. The van der Waals surface area contributed by atoms with Gasteiger partial charge in [0.1, 0.15) is 0 Å². The van der Waals surface area contributed by atoms with Crippen LogP contribution < -0.4 is 10.6 Å². The van der Waals surface area contributed by atoms with Crippen LogP contribution in [0.1, 0.15) is 35.8 Å². The fraction of sp³-hybridized carbons (Fsp3) is 0.500. The number of hydrogen-bond acceptors (Lipinski definition) is 5. The first-order valence-corrected chi connectivity index (χ1v) is 7.04. The summed E-state index contributed by atoms with van der Waals surface area (Å²) in [4.78, 5) is 16.4. The van der Waals surface area contributed by atoms with Crippen molar-refractivity contribution in [3.05, 3.63) is 23.5 Å². The number of nitrogens with one attached hydrogen (secondary N) is 2. The average Bonchev–Trinajstić information content (AvgIpc) is 2.90. The van der Waals surface area contributed by atoms with E-state index in [1.807, 2.05) is 13.0 Å². The van der Waals surface area contributed by atoms with Crippen LogP contribution >= 0.6 is 12.4 Å². The van der Waals surface area contributed by atoms with Gasteiger partial charge < -0.3 is 15.2 Å². The van der Waals surface area contributed by atoms with Gasteiger partial charge in [-0.15, -0.1) is 12.4 Å². The first kappa shape index (κ1) is 15.7. The van der Waals surface area contributed by atoms with Gasteiger partial charge in [-0.1, -0.05) is 12.1 Å². The Kier molecular flexibility index (Phi) is 5.14. The van der Waals surface area contributed by atoms with Crippen molar-refractivity contribution in [2.45, 2.75) is 32.2 Å². The van der Waals surface area contributed by atoms with Gasteiger partial charge in [-0.3, -0.25) is 4.79 Å². The summed E-state index contributed by atoms with van der Waals surface area (Å²) in [6, 6.07) is 2.00. The van der Waals surface area contributed by atoms with E-state index in [1.165, 1.54) is 0 Å². The van der Waals surface area contributed by atoms with Crippen molar-refractivity contribution in [1.82, 2.24) is 20.8 Å². The van der Waals surface area contributed by atoms with Gasteiger partial charge in [0.2, 0.25) is 0 Å². The molecular formula is C14H19ClN4O2. The normalized spacial score (nSPS) is 18.2. The van der Waals surface area contributed by atoms with Gasteiger partial charge in [-0.05, 0) is 31.9 Å². The Hall–Kier alpha value is -1.66. The van der Waals surface area contributed by atoms with Crippen LogP contribution in [0.15, 0.2) is 16.8 Å². The SMILES string of the molecule is CCc1noc2ncc(C(=O)N[C@H]3CCCNC3)cc12.Cl. The summed E-state index contributed by atoms with van der Waals surface area (Å²) in [7, 11) is 0.